The fourth-order valence-corrected chi connectivity index (χ4v) is 3.92. The minimum atomic E-state index is -4.62. The molecule has 0 bridgehead atoms. The second-order valence-corrected chi connectivity index (χ2v) is 9.07. The quantitative estimate of drug-likeness (QED) is 0.337. The van der Waals surface area contributed by atoms with Crippen LogP contribution >= 0.6 is 0 Å². The van der Waals surface area contributed by atoms with Crippen molar-refractivity contribution in [2.75, 3.05) is 37.3 Å². The van der Waals surface area contributed by atoms with Gasteiger partial charge in [-0.05, 0) is 45.0 Å². The van der Waals surface area contributed by atoms with Crippen LogP contribution in [0.2, 0.25) is 0 Å². The summed E-state index contributed by atoms with van der Waals surface area (Å²) in [4.78, 5) is 31.5. The predicted molar refractivity (Wildman–Crippen MR) is 140 cm³/mol. The first-order valence-electron chi connectivity index (χ1n) is 12.3. The van der Waals surface area contributed by atoms with Crippen LogP contribution in [-0.4, -0.2) is 63.5 Å². The molecule has 0 aromatic carbocycles. The van der Waals surface area contributed by atoms with E-state index in [0.29, 0.717) is 11.7 Å². The number of pyridine rings is 2. The maximum atomic E-state index is 13.2. The number of ether oxygens (including phenoxy) is 1. The Labute approximate surface area is 223 Å². The van der Waals surface area contributed by atoms with E-state index in [1.54, 1.807) is 18.2 Å². The molecule has 4 rings (SSSR count). The number of aryl methyl sites for hydroxylation is 1. The summed E-state index contributed by atoms with van der Waals surface area (Å²) in [5.41, 5.74) is -0.685. The minimum Gasteiger partial charge on any atom is -0.474 e. The van der Waals surface area contributed by atoms with Gasteiger partial charge >= 0.3 is 6.18 Å². The third kappa shape index (κ3) is 7.63. The van der Waals surface area contributed by atoms with Crippen molar-refractivity contribution in [3.63, 3.8) is 0 Å². The summed E-state index contributed by atoms with van der Waals surface area (Å²) in [6.45, 7) is 7.12. The lowest BCUT2D eigenvalue weighted by molar-refractivity contribution is -0.141. The molecular formula is C26H29F3N8O2. The normalized spacial score (nSPS) is 14.5. The number of rotatable bonds is 9. The molecule has 0 aliphatic carbocycles. The highest BCUT2D eigenvalue weighted by molar-refractivity contribution is 5.99. The fraction of sp³-hybridized carbons (Fsp3) is 0.346. The molecule has 1 fully saturated rings. The summed E-state index contributed by atoms with van der Waals surface area (Å²) in [5.74, 6) is 0.380. The Balaban J connectivity index is 1.59. The van der Waals surface area contributed by atoms with Gasteiger partial charge in [0.15, 0.2) is 0 Å². The molecule has 206 valence electrons. The van der Waals surface area contributed by atoms with Crippen molar-refractivity contribution in [3.8, 4) is 5.88 Å². The SMILES string of the molecule is C=CCNC(=O)c1cnc(Nc2cc(C)nc(C(F)(F)F)c2)nc1Nc1cccc(OC2CCN(C)CC2)n1. The first kappa shape index (κ1) is 27.8. The van der Waals surface area contributed by atoms with Crippen molar-refractivity contribution >= 4 is 29.2 Å². The second kappa shape index (κ2) is 12.1. The summed E-state index contributed by atoms with van der Waals surface area (Å²) in [5, 5.41) is 8.45. The molecular weight excluding hydrogens is 513 g/mol. The molecule has 3 aromatic rings. The molecule has 3 N–H and O–H groups in total. The number of carbonyl (C=O) groups excluding carboxylic acids is 1. The van der Waals surface area contributed by atoms with Crippen LogP contribution in [0, 0.1) is 6.92 Å². The van der Waals surface area contributed by atoms with Crippen molar-refractivity contribution in [1.82, 2.24) is 30.2 Å². The van der Waals surface area contributed by atoms with E-state index in [4.69, 9.17) is 4.74 Å². The molecule has 0 unspecified atom stereocenters. The molecule has 0 saturated carbocycles. The van der Waals surface area contributed by atoms with Crippen molar-refractivity contribution in [1.29, 1.82) is 0 Å². The van der Waals surface area contributed by atoms with Crippen LogP contribution in [0.3, 0.4) is 0 Å². The van der Waals surface area contributed by atoms with Gasteiger partial charge in [0.1, 0.15) is 29.0 Å². The topological polar surface area (TPSA) is 117 Å². The number of halogens is 3. The highest BCUT2D eigenvalue weighted by Crippen LogP contribution is 2.30. The lowest BCUT2D eigenvalue weighted by Gasteiger charge is -2.29. The fourth-order valence-electron chi connectivity index (χ4n) is 3.92. The molecule has 0 atom stereocenters. The molecule has 13 heteroatoms. The number of anilines is 4. The molecule has 1 saturated heterocycles. The average molecular weight is 543 g/mol. The number of alkyl halides is 3. The van der Waals surface area contributed by atoms with E-state index in [1.807, 2.05) is 0 Å². The van der Waals surface area contributed by atoms with Gasteiger partial charge in [-0.1, -0.05) is 12.1 Å². The van der Waals surface area contributed by atoms with E-state index in [2.05, 4.69) is 54.4 Å². The molecule has 4 heterocycles. The third-order valence-electron chi connectivity index (χ3n) is 5.86. The van der Waals surface area contributed by atoms with Crippen LogP contribution in [-0.2, 0) is 6.18 Å². The zero-order valence-corrected chi connectivity index (χ0v) is 21.5. The first-order chi connectivity index (χ1) is 18.6. The zero-order valence-electron chi connectivity index (χ0n) is 21.5. The van der Waals surface area contributed by atoms with Gasteiger partial charge in [-0.3, -0.25) is 4.79 Å². The van der Waals surface area contributed by atoms with Gasteiger partial charge < -0.3 is 25.6 Å². The number of hydrogen-bond acceptors (Lipinski definition) is 9. The lowest BCUT2D eigenvalue weighted by atomic mass is 10.1. The largest absolute Gasteiger partial charge is 0.474 e. The van der Waals surface area contributed by atoms with Crippen molar-refractivity contribution in [2.24, 2.45) is 0 Å². The summed E-state index contributed by atoms with van der Waals surface area (Å²) < 4.78 is 45.8. The number of carbonyl (C=O) groups is 1. The van der Waals surface area contributed by atoms with Gasteiger partial charge in [-0.25, -0.2) is 9.97 Å². The van der Waals surface area contributed by atoms with Crippen LogP contribution in [0.4, 0.5) is 36.4 Å². The maximum absolute atomic E-state index is 13.2. The van der Waals surface area contributed by atoms with Gasteiger partial charge in [0.25, 0.3) is 5.91 Å². The minimum absolute atomic E-state index is 0.0322. The Morgan fingerprint density at radius 1 is 1.18 bits per heavy atom. The van der Waals surface area contributed by atoms with E-state index in [9.17, 15) is 18.0 Å². The molecule has 3 aromatic heterocycles. The van der Waals surface area contributed by atoms with Gasteiger partial charge in [0.2, 0.25) is 11.8 Å². The zero-order chi connectivity index (χ0) is 28.0. The van der Waals surface area contributed by atoms with E-state index >= 15 is 0 Å². The summed E-state index contributed by atoms with van der Waals surface area (Å²) in [6, 6.07) is 7.49. The van der Waals surface area contributed by atoms with E-state index in [-0.39, 0.29) is 41.4 Å². The Morgan fingerprint density at radius 3 is 2.67 bits per heavy atom. The Morgan fingerprint density at radius 2 is 1.95 bits per heavy atom. The molecule has 0 radical (unpaired) electrons. The second-order valence-electron chi connectivity index (χ2n) is 9.07. The average Bonchev–Trinajstić information content (AvgIpc) is 2.88. The number of nitrogens with one attached hydrogen (secondary N) is 3. The molecule has 1 aliphatic heterocycles. The van der Waals surface area contributed by atoms with Crippen molar-refractivity contribution in [3.05, 3.63) is 66.1 Å². The standard InChI is InChI=1S/C26H29F3N8O2/c1-4-10-30-24(38)19-15-31-25(33-17-13-16(2)32-20(14-17)26(27,28)29)36-23(19)35-21-6-5-7-22(34-21)39-18-8-11-37(3)12-9-18/h4-7,13-15,18H,1,8-12H2,2-3H3,(H,30,38)(H2,31,32,33,34,35,36). The van der Waals surface area contributed by atoms with Gasteiger partial charge in [-0.2, -0.15) is 23.1 Å². The summed E-state index contributed by atoms with van der Waals surface area (Å²) >= 11 is 0. The third-order valence-corrected chi connectivity index (χ3v) is 5.86. The molecule has 0 spiro atoms. The number of amides is 1. The predicted octanol–water partition coefficient (Wildman–Crippen LogP) is 4.47. The van der Waals surface area contributed by atoms with Crippen LogP contribution in [0.15, 0.2) is 49.2 Å². The summed E-state index contributed by atoms with van der Waals surface area (Å²) in [7, 11) is 2.07. The molecule has 1 aliphatic rings. The van der Waals surface area contributed by atoms with Crippen LogP contribution < -0.4 is 20.7 Å². The summed E-state index contributed by atoms with van der Waals surface area (Å²) in [6.07, 6.45) is -0.00564. The van der Waals surface area contributed by atoms with Gasteiger partial charge in [-0.15, -0.1) is 6.58 Å². The molecule has 39 heavy (non-hydrogen) atoms. The van der Waals surface area contributed by atoms with Crippen LogP contribution in [0.25, 0.3) is 0 Å². The first-order valence-corrected chi connectivity index (χ1v) is 12.3. The highest BCUT2D eigenvalue weighted by atomic mass is 19.4. The number of aromatic nitrogens is 4. The Hall–Kier alpha value is -4.26. The van der Waals surface area contributed by atoms with Crippen molar-refractivity contribution < 1.29 is 22.7 Å². The Kier molecular flexibility index (Phi) is 8.59. The van der Waals surface area contributed by atoms with Crippen LogP contribution in [0.5, 0.6) is 5.88 Å². The molecule has 1 amide bonds. The smallest absolute Gasteiger partial charge is 0.433 e. The Bertz CT molecular complexity index is 1330. The monoisotopic (exact) mass is 542 g/mol. The van der Waals surface area contributed by atoms with Crippen molar-refractivity contribution in [2.45, 2.75) is 32.0 Å². The number of piperidine rings is 1. The van der Waals surface area contributed by atoms with E-state index in [1.165, 1.54) is 25.3 Å². The lowest BCUT2D eigenvalue weighted by Crippen LogP contribution is -2.35. The van der Waals surface area contributed by atoms with E-state index < -0.39 is 17.8 Å². The van der Waals surface area contributed by atoms with Gasteiger partial charge in [0, 0.05) is 43.3 Å². The van der Waals surface area contributed by atoms with Crippen LogP contribution in [0.1, 0.15) is 34.6 Å². The van der Waals surface area contributed by atoms with Gasteiger partial charge in [0.05, 0.1) is 0 Å². The maximum Gasteiger partial charge on any atom is 0.433 e. The molecule has 10 nitrogen and oxygen atoms in total. The van der Waals surface area contributed by atoms with E-state index in [0.717, 1.165) is 32.0 Å². The number of likely N-dealkylation sites (tertiary alicyclic amines) is 1. The highest BCUT2D eigenvalue weighted by Gasteiger charge is 2.33. The number of nitrogens with zero attached hydrogens (tertiary/aromatic N) is 5. The number of hydrogen-bond donors (Lipinski definition) is 3.